The second-order valence-electron chi connectivity index (χ2n) is 5.85. The van der Waals surface area contributed by atoms with Gasteiger partial charge in [-0.25, -0.2) is 0 Å². The van der Waals surface area contributed by atoms with E-state index >= 15 is 0 Å². The summed E-state index contributed by atoms with van der Waals surface area (Å²) in [6.45, 7) is 2.57. The molecule has 0 unspecified atom stereocenters. The number of anilines is 1. The van der Waals surface area contributed by atoms with Crippen molar-refractivity contribution in [2.24, 2.45) is 0 Å². The number of hydrogen-bond donors (Lipinski definition) is 1. The first-order valence-corrected chi connectivity index (χ1v) is 9.29. The van der Waals surface area contributed by atoms with Crippen molar-refractivity contribution >= 4 is 28.3 Å². The van der Waals surface area contributed by atoms with Gasteiger partial charge < -0.3 is 10.1 Å². The molecule has 5 heteroatoms. The lowest BCUT2D eigenvalue weighted by Gasteiger charge is -2.09. The molecule has 128 valence electrons. The van der Waals surface area contributed by atoms with Gasteiger partial charge in [0.05, 0.1) is 12.2 Å². The van der Waals surface area contributed by atoms with Crippen LogP contribution in [0.2, 0.25) is 0 Å². The third kappa shape index (κ3) is 4.09. The summed E-state index contributed by atoms with van der Waals surface area (Å²) >= 11 is 1.54. The van der Waals surface area contributed by atoms with Crippen molar-refractivity contribution in [1.82, 2.24) is 0 Å². The van der Waals surface area contributed by atoms with Gasteiger partial charge in [-0.15, -0.1) is 11.3 Å². The van der Waals surface area contributed by atoms with E-state index in [0.717, 1.165) is 42.6 Å². The van der Waals surface area contributed by atoms with Crippen LogP contribution < -0.4 is 10.1 Å². The van der Waals surface area contributed by atoms with Crippen LogP contribution in [0.5, 0.6) is 5.75 Å². The summed E-state index contributed by atoms with van der Waals surface area (Å²) in [6.07, 6.45) is 7.46. The molecule has 1 amide bonds. The van der Waals surface area contributed by atoms with E-state index in [0.29, 0.717) is 17.2 Å². The topological polar surface area (TPSA) is 62.1 Å². The highest BCUT2D eigenvalue weighted by atomic mass is 32.1. The minimum absolute atomic E-state index is 0.219. The number of amides is 1. The van der Waals surface area contributed by atoms with Gasteiger partial charge in [0, 0.05) is 11.0 Å². The van der Waals surface area contributed by atoms with E-state index in [1.54, 1.807) is 6.08 Å². The van der Waals surface area contributed by atoms with E-state index in [4.69, 9.17) is 4.74 Å². The van der Waals surface area contributed by atoms with Crippen LogP contribution in [0.25, 0.3) is 6.08 Å². The fourth-order valence-electron chi connectivity index (χ4n) is 2.94. The number of hydrogen-bond acceptors (Lipinski definition) is 4. The maximum absolute atomic E-state index is 12.2. The maximum atomic E-state index is 12.2. The molecular formula is C20H20N2O2S. The maximum Gasteiger partial charge on any atom is 0.249 e. The van der Waals surface area contributed by atoms with Crippen LogP contribution in [0, 0.1) is 11.3 Å². The average molecular weight is 352 g/mol. The Kier molecular flexibility index (Phi) is 5.52. The first kappa shape index (κ1) is 17.2. The Morgan fingerprint density at radius 2 is 2.08 bits per heavy atom. The van der Waals surface area contributed by atoms with Gasteiger partial charge in [0.15, 0.2) is 0 Å². The van der Waals surface area contributed by atoms with Gasteiger partial charge in [-0.05, 0) is 61.9 Å². The van der Waals surface area contributed by atoms with Crippen molar-refractivity contribution in [3.63, 3.8) is 0 Å². The lowest BCUT2D eigenvalue weighted by molar-refractivity contribution is -0.111. The molecule has 0 radical (unpaired) electrons. The zero-order valence-electron chi connectivity index (χ0n) is 14.2. The van der Waals surface area contributed by atoms with Gasteiger partial charge in [-0.2, -0.15) is 5.26 Å². The van der Waals surface area contributed by atoms with Gasteiger partial charge in [0.2, 0.25) is 5.91 Å². The number of thiophene rings is 1. The Bertz CT molecular complexity index is 829. The van der Waals surface area contributed by atoms with E-state index in [1.807, 2.05) is 31.2 Å². The standard InChI is InChI=1S/C20H20N2O2S/c1-2-24-15-10-7-14(8-11-15)9-12-19(23)22-20-17(13-21)16-5-3-4-6-18(16)25-20/h7-12H,2-6H2,1H3,(H,22,23). The number of nitrogens with zero attached hydrogens (tertiary/aromatic N) is 1. The summed E-state index contributed by atoms with van der Waals surface area (Å²) in [5.74, 6) is 0.593. The zero-order chi connectivity index (χ0) is 17.6. The van der Waals surface area contributed by atoms with Crippen molar-refractivity contribution in [3.8, 4) is 11.8 Å². The Labute approximate surface area is 151 Å². The van der Waals surface area contributed by atoms with Gasteiger partial charge in [0.1, 0.15) is 16.8 Å². The van der Waals surface area contributed by atoms with Crippen LogP contribution >= 0.6 is 11.3 Å². The van der Waals surface area contributed by atoms with Gasteiger partial charge >= 0.3 is 0 Å². The zero-order valence-corrected chi connectivity index (χ0v) is 15.0. The van der Waals surface area contributed by atoms with Crippen LogP contribution in [-0.2, 0) is 17.6 Å². The summed E-state index contributed by atoms with van der Waals surface area (Å²) in [5, 5.41) is 13.0. The molecule has 0 saturated heterocycles. The number of nitrogens with one attached hydrogen (secondary N) is 1. The molecule has 0 atom stereocenters. The lowest BCUT2D eigenvalue weighted by Crippen LogP contribution is -2.07. The van der Waals surface area contributed by atoms with Crippen LogP contribution in [0.4, 0.5) is 5.00 Å². The smallest absolute Gasteiger partial charge is 0.249 e. The molecule has 1 aliphatic rings. The molecule has 1 N–H and O–H groups in total. The number of fused-ring (bicyclic) bond motifs is 1. The highest BCUT2D eigenvalue weighted by Crippen LogP contribution is 2.37. The summed E-state index contributed by atoms with van der Waals surface area (Å²) in [5.41, 5.74) is 2.69. The molecule has 1 heterocycles. The molecule has 1 aromatic heterocycles. The molecular weight excluding hydrogens is 332 g/mol. The summed E-state index contributed by atoms with van der Waals surface area (Å²) in [4.78, 5) is 13.5. The Hall–Kier alpha value is -2.58. The van der Waals surface area contributed by atoms with Gasteiger partial charge in [0.25, 0.3) is 0 Å². The number of ether oxygens (including phenoxy) is 1. The third-order valence-corrected chi connectivity index (χ3v) is 5.35. The summed E-state index contributed by atoms with van der Waals surface area (Å²) in [7, 11) is 0. The van der Waals surface area contributed by atoms with Crippen molar-refractivity contribution < 1.29 is 9.53 Å². The fourth-order valence-corrected chi connectivity index (χ4v) is 4.18. The van der Waals surface area contributed by atoms with E-state index in [-0.39, 0.29) is 5.91 Å². The second-order valence-corrected chi connectivity index (χ2v) is 6.96. The Morgan fingerprint density at radius 3 is 2.80 bits per heavy atom. The monoisotopic (exact) mass is 352 g/mol. The van der Waals surface area contributed by atoms with Crippen LogP contribution in [0.15, 0.2) is 30.3 Å². The molecule has 0 saturated carbocycles. The van der Waals surface area contributed by atoms with Crippen molar-refractivity contribution in [1.29, 1.82) is 5.26 Å². The normalized spacial score (nSPS) is 13.3. The molecule has 0 spiro atoms. The van der Waals surface area contributed by atoms with E-state index < -0.39 is 0 Å². The number of benzene rings is 1. The van der Waals surface area contributed by atoms with Crippen LogP contribution in [0.3, 0.4) is 0 Å². The van der Waals surface area contributed by atoms with E-state index in [2.05, 4.69) is 11.4 Å². The molecule has 1 aromatic carbocycles. The summed E-state index contributed by atoms with van der Waals surface area (Å²) < 4.78 is 5.40. The molecule has 0 bridgehead atoms. The average Bonchev–Trinajstić information content (AvgIpc) is 2.98. The largest absolute Gasteiger partial charge is 0.494 e. The molecule has 3 rings (SSSR count). The Morgan fingerprint density at radius 1 is 1.32 bits per heavy atom. The first-order chi connectivity index (χ1) is 12.2. The minimum atomic E-state index is -0.219. The molecule has 4 nitrogen and oxygen atoms in total. The predicted molar refractivity (Wildman–Crippen MR) is 101 cm³/mol. The van der Waals surface area contributed by atoms with Crippen LogP contribution in [0.1, 0.15) is 41.3 Å². The summed E-state index contributed by atoms with van der Waals surface area (Å²) in [6, 6.07) is 9.82. The van der Waals surface area contributed by atoms with Gasteiger partial charge in [-0.3, -0.25) is 4.79 Å². The molecule has 0 fully saturated rings. The Balaban J connectivity index is 1.68. The van der Waals surface area contributed by atoms with Crippen molar-refractivity contribution in [3.05, 3.63) is 51.9 Å². The van der Waals surface area contributed by atoms with Crippen molar-refractivity contribution in [2.45, 2.75) is 32.6 Å². The van der Waals surface area contributed by atoms with Gasteiger partial charge in [-0.1, -0.05) is 12.1 Å². The molecule has 0 aliphatic heterocycles. The predicted octanol–water partition coefficient (Wildman–Crippen LogP) is 4.55. The molecule has 2 aromatic rings. The quantitative estimate of drug-likeness (QED) is 0.803. The van der Waals surface area contributed by atoms with Crippen LogP contribution in [-0.4, -0.2) is 12.5 Å². The molecule has 25 heavy (non-hydrogen) atoms. The number of rotatable bonds is 5. The highest BCUT2D eigenvalue weighted by Gasteiger charge is 2.21. The van der Waals surface area contributed by atoms with E-state index in [1.165, 1.54) is 22.3 Å². The first-order valence-electron chi connectivity index (χ1n) is 8.48. The number of aryl methyl sites for hydroxylation is 1. The fraction of sp³-hybridized carbons (Fsp3) is 0.300. The lowest BCUT2D eigenvalue weighted by atomic mass is 9.96. The second kappa shape index (κ2) is 8.00. The van der Waals surface area contributed by atoms with E-state index in [9.17, 15) is 10.1 Å². The molecule has 1 aliphatic carbocycles. The highest BCUT2D eigenvalue weighted by molar-refractivity contribution is 7.16. The number of carbonyl (C=O) groups is 1. The van der Waals surface area contributed by atoms with Crippen molar-refractivity contribution in [2.75, 3.05) is 11.9 Å². The minimum Gasteiger partial charge on any atom is -0.494 e. The SMILES string of the molecule is CCOc1ccc(C=CC(=O)Nc2sc3c(c2C#N)CCCC3)cc1. The third-order valence-electron chi connectivity index (χ3n) is 4.14. The number of nitriles is 1. The number of carbonyl (C=O) groups excluding carboxylic acids is 1.